The van der Waals surface area contributed by atoms with Gasteiger partial charge in [0, 0.05) is 35.5 Å². The van der Waals surface area contributed by atoms with Crippen LogP contribution in [-0.4, -0.2) is 34.2 Å². The normalized spacial score (nSPS) is 21.7. The largest absolute Gasteiger partial charge is 0.391 e. The van der Waals surface area contributed by atoms with Crippen molar-refractivity contribution < 1.29 is 5.11 Å². The number of benzene rings is 1. The highest BCUT2D eigenvalue weighted by Crippen LogP contribution is 2.34. The number of likely N-dealkylation sites (tertiary alicyclic amines) is 1. The Labute approximate surface area is 152 Å². The van der Waals surface area contributed by atoms with Crippen molar-refractivity contribution in [2.24, 2.45) is 0 Å². The second-order valence-electron chi connectivity index (χ2n) is 7.11. The molecule has 4 rings (SSSR count). The Hall–Kier alpha value is -1.75. The summed E-state index contributed by atoms with van der Waals surface area (Å²) in [7, 11) is 0. The van der Waals surface area contributed by atoms with Gasteiger partial charge in [-0.25, -0.2) is 0 Å². The third kappa shape index (κ3) is 3.22. The zero-order valence-corrected chi connectivity index (χ0v) is 15.6. The molecule has 2 aromatic heterocycles. The smallest absolute Gasteiger partial charge is 0.0744 e. The molecule has 1 saturated heterocycles. The van der Waals surface area contributed by atoms with Gasteiger partial charge in [0.05, 0.1) is 11.6 Å². The topological polar surface area (TPSA) is 36.4 Å². The number of nitrogens with zero attached hydrogens (tertiary/aromatic N) is 2. The van der Waals surface area contributed by atoms with Crippen LogP contribution in [0.5, 0.6) is 0 Å². The van der Waals surface area contributed by atoms with Crippen molar-refractivity contribution >= 4 is 22.2 Å². The summed E-state index contributed by atoms with van der Waals surface area (Å²) in [6, 6.07) is 10.7. The van der Waals surface area contributed by atoms with Gasteiger partial charge in [0.2, 0.25) is 0 Å². The van der Waals surface area contributed by atoms with Crippen molar-refractivity contribution in [1.82, 2.24) is 9.88 Å². The maximum atomic E-state index is 10.7. The monoisotopic (exact) mass is 352 g/mol. The minimum atomic E-state index is -0.291. The highest BCUT2D eigenvalue weighted by atomic mass is 32.1. The molecule has 0 aliphatic carbocycles. The number of aromatic nitrogens is 1. The van der Waals surface area contributed by atoms with Crippen LogP contribution in [0.25, 0.3) is 10.9 Å². The molecule has 130 valence electrons. The third-order valence-corrected chi connectivity index (χ3v) is 6.51. The number of pyridine rings is 1. The minimum absolute atomic E-state index is 0.285. The van der Waals surface area contributed by atoms with Gasteiger partial charge in [0.1, 0.15) is 0 Å². The van der Waals surface area contributed by atoms with Crippen molar-refractivity contribution in [3.63, 3.8) is 0 Å². The maximum absolute atomic E-state index is 10.7. The van der Waals surface area contributed by atoms with Crippen LogP contribution in [0.15, 0.2) is 41.9 Å². The molecule has 1 N–H and O–H groups in total. The molecule has 0 bridgehead atoms. The number of fused-ring (bicyclic) bond motifs is 1. The third-order valence-electron chi connectivity index (χ3n) is 5.36. The second-order valence-corrected chi connectivity index (χ2v) is 8.05. The Morgan fingerprint density at radius 3 is 2.84 bits per heavy atom. The summed E-state index contributed by atoms with van der Waals surface area (Å²) < 4.78 is 0. The summed E-state index contributed by atoms with van der Waals surface area (Å²) >= 11 is 1.78. The lowest BCUT2D eigenvalue weighted by Crippen LogP contribution is -2.42. The number of aliphatic hydroxyl groups excluding tert-OH is 1. The molecule has 3 aromatic rings. The van der Waals surface area contributed by atoms with E-state index in [-0.39, 0.29) is 12.0 Å². The fraction of sp³-hybridized carbons (Fsp3) is 0.381. The predicted molar refractivity (Wildman–Crippen MR) is 104 cm³/mol. The lowest BCUT2D eigenvalue weighted by Gasteiger charge is -2.36. The van der Waals surface area contributed by atoms with Gasteiger partial charge in [-0.1, -0.05) is 18.2 Å². The number of hydrogen-bond acceptors (Lipinski definition) is 4. The molecule has 1 aliphatic rings. The van der Waals surface area contributed by atoms with E-state index in [4.69, 9.17) is 0 Å². The van der Waals surface area contributed by atoms with Gasteiger partial charge in [-0.3, -0.25) is 9.88 Å². The van der Waals surface area contributed by atoms with Crippen LogP contribution in [-0.2, 0) is 6.54 Å². The molecule has 1 aromatic carbocycles. The zero-order valence-electron chi connectivity index (χ0n) is 14.8. The average Bonchev–Trinajstić information content (AvgIpc) is 3.04. The molecule has 3 heterocycles. The fourth-order valence-corrected chi connectivity index (χ4v) is 5.09. The quantitative estimate of drug-likeness (QED) is 0.765. The molecule has 0 saturated carbocycles. The van der Waals surface area contributed by atoms with E-state index in [9.17, 15) is 5.11 Å². The first kappa shape index (κ1) is 16.7. The zero-order chi connectivity index (χ0) is 17.4. The maximum Gasteiger partial charge on any atom is 0.0744 e. The molecule has 1 aliphatic heterocycles. The summed E-state index contributed by atoms with van der Waals surface area (Å²) in [5.74, 6) is 0.285. The minimum Gasteiger partial charge on any atom is -0.391 e. The first-order chi connectivity index (χ1) is 12.1. The van der Waals surface area contributed by atoms with Gasteiger partial charge in [-0.2, -0.15) is 0 Å². The van der Waals surface area contributed by atoms with Crippen LogP contribution >= 0.6 is 11.3 Å². The van der Waals surface area contributed by atoms with Crippen molar-refractivity contribution in [2.45, 2.75) is 38.8 Å². The van der Waals surface area contributed by atoms with Crippen molar-refractivity contribution in [1.29, 1.82) is 0 Å². The lowest BCUT2D eigenvalue weighted by atomic mass is 9.90. The van der Waals surface area contributed by atoms with E-state index < -0.39 is 0 Å². The van der Waals surface area contributed by atoms with Gasteiger partial charge in [-0.15, -0.1) is 11.3 Å². The molecule has 2 atom stereocenters. The van der Waals surface area contributed by atoms with Crippen LogP contribution in [0.2, 0.25) is 0 Å². The molecule has 4 heteroatoms. The summed E-state index contributed by atoms with van der Waals surface area (Å²) in [5.41, 5.74) is 4.92. The number of aryl methyl sites for hydroxylation is 2. The van der Waals surface area contributed by atoms with Crippen molar-refractivity contribution in [3.8, 4) is 0 Å². The molecule has 0 amide bonds. The lowest BCUT2D eigenvalue weighted by molar-refractivity contribution is 0.0487. The Morgan fingerprint density at radius 1 is 1.20 bits per heavy atom. The summed E-state index contributed by atoms with van der Waals surface area (Å²) in [6.45, 7) is 6.89. The van der Waals surface area contributed by atoms with E-state index in [0.29, 0.717) is 0 Å². The standard InChI is InChI=1S/C21H24N2OS/c1-14-5-6-16(17-4-3-9-22-20(14)17)12-23-10-7-18(19(24)13-23)21-15(2)8-11-25-21/h3-6,8-9,11,18-19,24H,7,10,12-13H2,1-2H3/t18-,19-/m1/s1. The van der Waals surface area contributed by atoms with Crippen molar-refractivity contribution in [3.05, 3.63) is 63.5 Å². The number of piperidine rings is 1. The Morgan fingerprint density at radius 2 is 2.08 bits per heavy atom. The number of rotatable bonds is 3. The van der Waals surface area contributed by atoms with E-state index in [1.165, 1.54) is 27.0 Å². The van der Waals surface area contributed by atoms with Gasteiger partial charge < -0.3 is 5.11 Å². The first-order valence-electron chi connectivity index (χ1n) is 8.91. The van der Waals surface area contributed by atoms with Crippen LogP contribution in [0.1, 0.15) is 33.9 Å². The van der Waals surface area contributed by atoms with Crippen molar-refractivity contribution in [2.75, 3.05) is 13.1 Å². The van der Waals surface area contributed by atoms with Gasteiger partial charge >= 0.3 is 0 Å². The molecule has 0 unspecified atom stereocenters. The SMILES string of the molecule is Cc1ccsc1[C@@H]1CCN(Cc2ccc(C)c3ncccc23)C[C@H]1O. The Kier molecular flexibility index (Phi) is 4.59. The number of hydrogen-bond donors (Lipinski definition) is 1. The predicted octanol–water partition coefficient (Wildman–Crippen LogP) is 4.26. The first-order valence-corrected chi connectivity index (χ1v) is 9.79. The van der Waals surface area contributed by atoms with E-state index in [2.05, 4.69) is 53.4 Å². The molecule has 1 fully saturated rings. The van der Waals surface area contributed by atoms with Gasteiger partial charge in [0.25, 0.3) is 0 Å². The van der Waals surface area contributed by atoms with Gasteiger partial charge in [-0.05, 0) is 61.0 Å². The van der Waals surface area contributed by atoms with E-state index in [1.54, 1.807) is 11.3 Å². The van der Waals surface area contributed by atoms with Crippen LogP contribution < -0.4 is 0 Å². The number of thiophene rings is 1. The van der Waals surface area contributed by atoms with Crippen LogP contribution in [0.3, 0.4) is 0 Å². The van der Waals surface area contributed by atoms with E-state index >= 15 is 0 Å². The van der Waals surface area contributed by atoms with Crippen LogP contribution in [0.4, 0.5) is 0 Å². The summed E-state index contributed by atoms with van der Waals surface area (Å²) in [5, 5.41) is 14.1. The second kappa shape index (κ2) is 6.87. The number of aliphatic hydroxyl groups is 1. The van der Waals surface area contributed by atoms with E-state index in [1.807, 2.05) is 12.3 Å². The summed E-state index contributed by atoms with van der Waals surface area (Å²) in [6.07, 6.45) is 2.59. The molecular formula is C21H24N2OS. The molecule has 3 nitrogen and oxygen atoms in total. The van der Waals surface area contributed by atoms with E-state index in [0.717, 1.165) is 31.6 Å². The molecule has 25 heavy (non-hydrogen) atoms. The Bertz CT molecular complexity index is 888. The molecule has 0 radical (unpaired) electrons. The van der Waals surface area contributed by atoms with Crippen LogP contribution in [0, 0.1) is 13.8 Å². The van der Waals surface area contributed by atoms with Gasteiger partial charge in [0.15, 0.2) is 0 Å². The highest BCUT2D eigenvalue weighted by molar-refractivity contribution is 7.10. The summed E-state index contributed by atoms with van der Waals surface area (Å²) in [4.78, 5) is 8.27. The fourth-order valence-electron chi connectivity index (χ4n) is 3.96. The Balaban J connectivity index is 1.52. The average molecular weight is 353 g/mol. The molecule has 0 spiro atoms. The molecular weight excluding hydrogens is 328 g/mol. The number of β-amino-alcohol motifs (C(OH)–C–C–N with tert-alkyl or cyclic N) is 1. The highest BCUT2D eigenvalue weighted by Gasteiger charge is 2.30.